The Labute approximate surface area is 123 Å². The van der Waals surface area contributed by atoms with Gasteiger partial charge in [-0.15, -0.1) is 0 Å². The van der Waals surface area contributed by atoms with Gasteiger partial charge in [-0.2, -0.15) is 0 Å². The highest BCUT2D eigenvalue weighted by atomic mass is 32.2. The fourth-order valence-electron chi connectivity index (χ4n) is 2.20. The standard InChI is InChI=1S/C13H19NO6S/c1-18-12-6-11(5-9(7-15)13(12)19-2)21(16,17)14-10-3-4-20-8-10/h5-6,10,14-15H,3-4,7-8H2,1-2H3. The number of methoxy groups -OCH3 is 2. The van der Waals surface area contributed by atoms with Crippen molar-refractivity contribution in [2.75, 3.05) is 27.4 Å². The number of aliphatic hydroxyl groups excluding tert-OH is 1. The molecule has 0 aromatic heterocycles. The van der Waals surface area contributed by atoms with Crippen molar-refractivity contribution in [2.45, 2.75) is 24.0 Å². The fraction of sp³-hybridized carbons (Fsp3) is 0.538. The zero-order valence-corrected chi connectivity index (χ0v) is 12.8. The van der Waals surface area contributed by atoms with Crippen molar-refractivity contribution >= 4 is 10.0 Å². The molecule has 0 amide bonds. The molecule has 8 heteroatoms. The Morgan fingerprint density at radius 3 is 2.67 bits per heavy atom. The molecule has 2 N–H and O–H groups in total. The zero-order valence-electron chi connectivity index (χ0n) is 12.0. The molecule has 0 spiro atoms. The van der Waals surface area contributed by atoms with Gasteiger partial charge in [0.2, 0.25) is 10.0 Å². The number of sulfonamides is 1. The molecule has 21 heavy (non-hydrogen) atoms. The lowest BCUT2D eigenvalue weighted by molar-refractivity contribution is 0.192. The van der Waals surface area contributed by atoms with Crippen LogP contribution in [0.1, 0.15) is 12.0 Å². The van der Waals surface area contributed by atoms with Crippen molar-refractivity contribution < 1.29 is 27.7 Å². The first-order chi connectivity index (χ1) is 10.0. The summed E-state index contributed by atoms with van der Waals surface area (Å²) in [5.41, 5.74) is 0.347. The average Bonchev–Trinajstić information content (AvgIpc) is 2.97. The molecule has 1 aliphatic rings. The normalized spacial score (nSPS) is 18.7. The predicted molar refractivity (Wildman–Crippen MR) is 75.0 cm³/mol. The summed E-state index contributed by atoms with van der Waals surface area (Å²) in [7, 11) is -0.870. The number of hydrogen-bond acceptors (Lipinski definition) is 6. The van der Waals surface area contributed by atoms with E-state index >= 15 is 0 Å². The van der Waals surface area contributed by atoms with Crippen LogP contribution in [0, 0.1) is 0 Å². The van der Waals surface area contributed by atoms with Crippen LogP contribution < -0.4 is 14.2 Å². The molecule has 2 rings (SSSR count). The van der Waals surface area contributed by atoms with Gasteiger partial charge < -0.3 is 19.3 Å². The summed E-state index contributed by atoms with van der Waals surface area (Å²) in [6, 6.07) is 2.51. The number of nitrogens with one attached hydrogen (secondary N) is 1. The quantitative estimate of drug-likeness (QED) is 0.782. The van der Waals surface area contributed by atoms with Gasteiger partial charge in [0, 0.05) is 24.3 Å². The van der Waals surface area contributed by atoms with Crippen molar-refractivity contribution in [3.8, 4) is 11.5 Å². The van der Waals surface area contributed by atoms with Gasteiger partial charge in [0.25, 0.3) is 0 Å². The van der Waals surface area contributed by atoms with E-state index in [0.29, 0.717) is 30.9 Å². The molecule has 0 bridgehead atoms. The van der Waals surface area contributed by atoms with Gasteiger partial charge in [-0.25, -0.2) is 13.1 Å². The molecule has 118 valence electrons. The van der Waals surface area contributed by atoms with E-state index in [-0.39, 0.29) is 23.3 Å². The Morgan fingerprint density at radius 1 is 1.38 bits per heavy atom. The predicted octanol–water partition coefficient (Wildman–Crippen LogP) is 0.263. The first-order valence-electron chi connectivity index (χ1n) is 6.47. The molecule has 0 saturated carbocycles. The molecular weight excluding hydrogens is 298 g/mol. The van der Waals surface area contributed by atoms with Gasteiger partial charge in [-0.3, -0.25) is 0 Å². The van der Waals surface area contributed by atoms with E-state index in [9.17, 15) is 13.5 Å². The monoisotopic (exact) mass is 317 g/mol. The fourth-order valence-corrected chi connectivity index (χ4v) is 3.52. The van der Waals surface area contributed by atoms with Gasteiger partial charge in [0.1, 0.15) is 0 Å². The van der Waals surface area contributed by atoms with Crippen LogP contribution in [-0.2, 0) is 21.4 Å². The summed E-state index contributed by atoms with van der Waals surface area (Å²) < 4.78 is 42.8. The highest BCUT2D eigenvalue weighted by Gasteiger charge is 2.25. The van der Waals surface area contributed by atoms with Crippen LogP contribution in [-0.4, -0.2) is 47.0 Å². The average molecular weight is 317 g/mol. The number of rotatable bonds is 6. The Morgan fingerprint density at radius 2 is 2.14 bits per heavy atom. The van der Waals surface area contributed by atoms with E-state index in [2.05, 4.69) is 4.72 Å². The molecule has 0 radical (unpaired) electrons. The summed E-state index contributed by atoms with van der Waals surface area (Å²) in [4.78, 5) is 0.0242. The second-order valence-corrected chi connectivity index (χ2v) is 6.37. The van der Waals surface area contributed by atoms with E-state index in [0.717, 1.165) is 0 Å². The van der Waals surface area contributed by atoms with Crippen LogP contribution in [0.4, 0.5) is 0 Å². The lowest BCUT2D eigenvalue weighted by atomic mass is 10.2. The van der Waals surface area contributed by atoms with E-state index in [1.54, 1.807) is 0 Å². The maximum atomic E-state index is 12.4. The third kappa shape index (κ3) is 3.46. The maximum Gasteiger partial charge on any atom is 0.241 e. The molecule has 1 aromatic carbocycles. The Hall–Kier alpha value is -1.35. The van der Waals surface area contributed by atoms with E-state index in [1.165, 1.54) is 26.4 Å². The minimum Gasteiger partial charge on any atom is -0.493 e. The van der Waals surface area contributed by atoms with E-state index < -0.39 is 10.0 Å². The maximum absolute atomic E-state index is 12.4. The zero-order chi connectivity index (χ0) is 15.5. The molecule has 7 nitrogen and oxygen atoms in total. The van der Waals surface area contributed by atoms with E-state index in [4.69, 9.17) is 14.2 Å². The Kier molecular flexibility index (Phi) is 5.04. The van der Waals surface area contributed by atoms with Crippen molar-refractivity contribution in [1.82, 2.24) is 4.72 Å². The SMILES string of the molecule is COc1cc(S(=O)(=O)NC2CCOC2)cc(CO)c1OC. The Balaban J connectivity index is 2.38. The number of aliphatic hydroxyl groups is 1. The second kappa shape index (κ2) is 6.61. The first kappa shape index (κ1) is 16.0. The van der Waals surface area contributed by atoms with Crippen molar-refractivity contribution in [2.24, 2.45) is 0 Å². The largest absolute Gasteiger partial charge is 0.493 e. The van der Waals surface area contributed by atoms with Gasteiger partial charge in [0.05, 0.1) is 32.3 Å². The lowest BCUT2D eigenvalue weighted by Gasteiger charge is -2.16. The summed E-state index contributed by atoms with van der Waals surface area (Å²) >= 11 is 0. The highest BCUT2D eigenvalue weighted by Crippen LogP contribution is 2.34. The van der Waals surface area contributed by atoms with Gasteiger partial charge in [-0.1, -0.05) is 0 Å². The number of hydrogen-bond donors (Lipinski definition) is 2. The van der Waals surface area contributed by atoms with Crippen LogP contribution in [0.2, 0.25) is 0 Å². The van der Waals surface area contributed by atoms with Crippen molar-refractivity contribution in [3.05, 3.63) is 17.7 Å². The third-order valence-corrected chi connectivity index (χ3v) is 4.76. The van der Waals surface area contributed by atoms with Gasteiger partial charge >= 0.3 is 0 Å². The molecular formula is C13H19NO6S. The van der Waals surface area contributed by atoms with Gasteiger partial charge in [0.15, 0.2) is 11.5 Å². The summed E-state index contributed by atoms with van der Waals surface area (Å²) in [6.07, 6.45) is 0.638. The van der Waals surface area contributed by atoms with Crippen LogP contribution in [0.15, 0.2) is 17.0 Å². The van der Waals surface area contributed by atoms with Crippen LogP contribution in [0.25, 0.3) is 0 Å². The Bertz CT molecular complexity index is 570. The smallest absolute Gasteiger partial charge is 0.241 e. The summed E-state index contributed by atoms with van der Waals surface area (Å²) in [5.74, 6) is 0.579. The van der Waals surface area contributed by atoms with Crippen LogP contribution >= 0.6 is 0 Å². The molecule has 1 saturated heterocycles. The van der Waals surface area contributed by atoms with Crippen LogP contribution in [0.5, 0.6) is 11.5 Å². The van der Waals surface area contributed by atoms with Crippen molar-refractivity contribution in [3.63, 3.8) is 0 Å². The molecule has 1 aromatic rings. The van der Waals surface area contributed by atoms with Crippen LogP contribution in [0.3, 0.4) is 0 Å². The topological polar surface area (TPSA) is 94.1 Å². The van der Waals surface area contributed by atoms with E-state index in [1.807, 2.05) is 0 Å². The highest BCUT2D eigenvalue weighted by molar-refractivity contribution is 7.89. The third-order valence-electron chi connectivity index (χ3n) is 3.26. The molecule has 1 heterocycles. The molecule has 1 unspecified atom stereocenters. The first-order valence-corrected chi connectivity index (χ1v) is 7.96. The molecule has 1 aliphatic heterocycles. The number of benzene rings is 1. The molecule has 1 fully saturated rings. The number of ether oxygens (including phenoxy) is 3. The van der Waals surface area contributed by atoms with Gasteiger partial charge in [-0.05, 0) is 12.5 Å². The lowest BCUT2D eigenvalue weighted by Crippen LogP contribution is -2.35. The minimum atomic E-state index is -3.71. The summed E-state index contributed by atoms with van der Waals surface area (Å²) in [5, 5.41) is 9.37. The van der Waals surface area contributed by atoms with Crippen molar-refractivity contribution in [1.29, 1.82) is 0 Å². The molecule has 0 aliphatic carbocycles. The molecule has 1 atom stereocenters. The minimum absolute atomic E-state index is 0.0242. The summed E-state index contributed by atoms with van der Waals surface area (Å²) in [6.45, 7) is 0.551. The second-order valence-electron chi connectivity index (χ2n) is 4.66.